The van der Waals surface area contributed by atoms with Gasteiger partial charge in [0.25, 0.3) is 0 Å². The Balaban J connectivity index is 1.52. The van der Waals surface area contributed by atoms with Crippen molar-refractivity contribution in [1.82, 2.24) is 10.6 Å². The molecule has 1 atom stereocenters. The minimum Gasteiger partial charge on any atom is -0.493 e. The van der Waals surface area contributed by atoms with Gasteiger partial charge in [0.05, 0.1) is 6.61 Å². The van der Waals surface area contributed by atoms with Gasteiger partial charge in [0.15, 0.2) is 0 Å². The summed E-state index contributed by atoms with van der Waals surface area (Å²) < 4.78 is 5.64. The lowest BCUT2D eigenvalue weighted by Crippen LogP contribution is -2.32. The van der Waals surface area contributed by atoms with Crippen LogP contribution in [-0.2, 0) is 12.8 Å². The number of ether oxygens (including phenoxy) is 1. The molecule has 2 N–H and O–H groups in total. The molecule has 0 saturated carbocycles. The van der Waals surface area contributed by atoms with Gasteiger partial charge in [-0.2, -0.15) is 0 Å². The summed E-state index contributed by atoms with van der Waals surface area (Å²) in [5, 5.41) is 7.00. The van der Waals surface area contributed by atoms with Crippen molar-refractivity contribution < 1.29 is 4.74 Å². The summed E-state index contributed by atoms with van der Waals surface area (Å²) >= 11 is 0. The van der Waals surface area contributed by atoms with Crippen molar-refractivity contribution in [2.24, 2.45) is 0 Å². The molecular formula is C15H22N2O. The van der Waals surface area contributed by atoms with Gasteiger partial charge >= 0.3 is 0 Å². The molecule has 3 rings (SSSR count). The third-order valence-corrected chi connectivity index (χ3v) is 3.88. The fourth-order valence-corrected chi connectivity index (χ4v) is 2.82. The zero-order chi connectivity index (χ0) is 12.2. The molecule has 18 heavy (non-hydrogen) atoms. The highest BCUT2D eigenvalue weighted by atomic mass is 16.5. The molecule has 2 aliphatic rings. The second-order valence-corrected chi connectivity index (χ2v) is 5.29. The molecule has 1 saturated heterocycles. The van der Waals surface area contributed by atoms with Crippen LogP contribution in [0, 0.1) is 0 Å². The van der Waals surface area contributed by atoms with E-state index in [0.29, 0.717) is 6.04 Å². The lowest BCUT2D eigenvalue weighted by Gasteiger charge is -2.18. The number of nitrogens with one attached hydrogen (secondary N) is 2. The highest BCUT2D eigenvalue weighted by Crippen LogP contribution is 2.25. The first-order valence-electron chi connectivity index (χ1n) is 7.10. The van der Waals surface area contributed by atoms with E-state index in [1.807, 2.05) is 0 Å². The monoisotopic (exact) mass is 246 g/mol. The third kappa shape index (κ3) is 2.85. The van der Waals surface area contributed by atoms with Crippen LogP contribution >= 0.6 is 0 Å². The predicted molar refractivity (Wildman–Crippen MR) is 73.2 cm³/mol. The normalized spacial score (nSPS) is 22.6. The van der Waals surface area contributed by atoms with E-state index < -0.39 is 0 Å². The van der Waals surface area contributed by atoms with Crippen LogP contribution in [0.5, 0.6) is 5.75 Å². The topological polar surface area (TPSA) is 33.3 Å². The summed E-state index contributed by atoms with van der Waals surface area (Å²) in [4.78, 5) is 0. The number of rotatable bonds is 4. The van der Waals surface area contributed by atoms with Crippen LogP contribution < -0.4 is 15.4 Å². The van der Waals surface area contributed by atoms with Crippen molar-refractivity contribution >= 4 is 0 Å². The summed E-state index contributed by atoms with van der Waals surface area (Å²) in [5.74, 6) is 1.10. The summed E-state index contributed by atoms with van der Waals surface area (Å²) in [6, 6.07) is 7.34. The zero-order valence-electron chi connectivity index (χ0n) is 10.9. The predicted octanol–water partition coefficient (Wildman–Crippen LogP) is 1.51. The van der Waals surface area contributed by atoms with Gasteiger partial charge in [-0.3, -0.25) is 0 Å². The van der Waals surface area contributed by atoms with E-state index in [2.05, 4.69) is 28.8 Å². The molecule has 0 aromatic heterocycles. The van der Waals surface area contributed by atoms with Gasteiger partial charge in [-0.15, -0.1) is 0 Å². The van der Waals surface area contributed by atoms with E-state index in [0.717, 1.165) is 44.8 Å². The number of benzene rings is 1. The maximum absolute atomic E-state index is 5.64. The van der Waals surface area contributed by atoms with Crippen LogP contribution in [0.4, 0.5) is 0 Å². The van der Waals surface area contributed by atoms with Crippen molar-refractivity contribution in [1.29, 1.82) is 0 Å². The van der Waals surface area contributed by atoms with E-state index >= 15 is 0 Å². The quantitative estimate of drug-likeness (QED) is 0.845. The Labute approximate surface area is 109 Å². The Morgan fingerprint density at radius 3 is 3.28 bits per heavy atom. The van der Waals surface area contributed by atoms with E-state index in [9.17, 15) is 0 Å². The van der Waals surface area contributed by atoms with Crippen molar-refractivity contribution in [2.45, 2.75) is 31.7 Å². The van der Waals surface area contributed by atoms with Gasteiger partial charge in [-0.05, 0) is 56.0 Å². The van der Waals surface area contributed by atoms with Gasteiger partial charge in [0.2, 0.25) is 0 Å². The molecule has 2 aliphatic heterocycles. The Morgan fingerprint density at radius 2 is 2.39 bits per heavy atom. The van der Waals surface area contributed by atoms with Crippen LogP contribution in [0.15, 0.2) is 18.2 Å². The molecule has 0 radical (unpaired) electrons. The summed E-state index contributed by atoms with van der Waals surface area (Å²) in [5.41, 5.74) is 2.82. The van der Waals surface area contributed by atoms with Gasteiger partial charge in [0, 0.05) is 12.6 Å². The molecule has 3 nitrogen and oxygen atoms in total. The first-order chi connectivity index (χ1) is 8.92. The van der Waals surface area contributed by atoms with E-state index in [1.54, 1.807) is 0 Å². The van der Waals surface area contributed by atoms with Crippen molar-refractivity contribution in [3.05, 3.63) is 29.3 Å². The van der Waals surface area contributed by atoms with E-state index in [4.69, 9.17) is 4.74 Å². The Hall–Kier alpha value is -1.06. The first kappa shape index (κ1) is 12.0. The molecule has 2 heterocycles. The van der Waals surface area contributed by atoms with Crippen molar-refractivity contribution in [3.63, 3.8) is 0 Å². The molecule has 0 aliphatic carbocycles. The molecular weight excluding hydrogens is 224 g/mol. The molecule has 1 fully saturated rings. The number of aryl methyl sites for hydroxylation is 1. The smallest absolute Gasteiger partial charge is 0.122 e. The Kier molecular flexibility index (Phi) is 3.81. The van der Waals surface area contributed by atoms with E-state index in [-0.39, 0.29) is 0 Å². The first-order valence-corrected chi connectivity index (χ1v) is 7.10. The number of hydrogen-bond acceptors (Lipinski definition) is 3. The van der Waals surface area contributed by atoms with Gasteiger partial charge in [-0.1, -0.05) is 12.1 Å². The SMILES string of the molecule is c1cc2c(cc1CCNC1CCNC1)CCCO2. The zero-order valence-corrected chi connectivity index (χ0v) is 10.9. The van der Waals surface area contributed by atoms with Crippen molar-refractivity contribution in [2.75, 3.05) is 26.2 Å². The molecule has 0 amide bonds. The van der Waals surface area contributed by atoms with Gasteiger partial charge in [0.1, 0.15) is 5.75 Å². The molecule has 1 aromatic carbocycles. The highest BCUT2D eigenvalue weighted by molar-refractivity contribution is 5.38. The second kappa shape index (κ2) is 5.72. The van der Waals surface area contributed by atoms with Crippen LogP contribution in [0.3, 0.4) is 0 Å². The maximum Gasteiger partial charge on any atom is 0.122 e. The Bertz CT molecular complexity index is 399. The lowest BCUT2D eigenvalue weighted by atomic mass is 10.0. The average Bonchev–Trinajstić information content (AvgIpc) is 2.92. The molecule has 1 unspecified atom stereocenters. The highest BCUT2D eigenvalue weighted by Gasteiger charge is 2.13. The number of hydrogen-bond donors (Lipinski definition) is 2. The summed E-state index contributed by atoms with van der Waals surface area (Å²) in [7, 11) is 0. The van der Waals surface area contributed by atoms with Crippen LogP contribution in [0.2, 0.25) is 0 Å². The van der Waals surface area contributed by atoms with Crippen LogP contribution in [0.25, 0.3) is 0 Å². The fourth-order valence-electron chi connectivity index (χ4n) is 2.82. The summed E-state index contributed by atoms with van der Waals surface area (Å²) in [6.07, 6.45) is 4.70. The summed E-state index contributed by atoms with van der Waals surface area (Å²) in [6.45, 7) is 4.24. The largest absolute Gasteiger partial charge is 0.493 e. The van der Waals surface area contributed by atoms with Crippen molar-refractivity contribution in [3.8, 4) is 5.75 Å². The Morgan fingerprint density at radius 1 is 1.39 bits per heavy atom. The average molecular weight is 246 g/mol. The molecule has 0 spiro atoms. The second-order valence-electron chi connectivity index (χ2n) is 5.29. The minimum absolute atomic E-state index is 0.672. The van der Waals surface area contributed by atoms with Crippen LogP contribution in [0.1, 0.15) is 24.0 Å². The van der Waals surface area contributed by atoms with Gasteiger partial charge < -0.3 is 15.4 Å². The standard InChI is InChI=1S/C15H22N2O/c1-2-13-10-12(3-4-15(13)18-9-1)5-8-17-14-6-7-16-11-14/h3-4,10,14,16-17H,1-2,5-9,11H2. The molecule has 0 bridgehead atoms. The number of fused-ring (bicyclic) bond motifs is 1. The van der Waals surface area contributed by atoms with E-state index in [1.165, 1.54) is 24.0 Å². The van der Waals surface area contributed by atoms with Crippen LogP contribution in [-0.4, -0.2) is 32.3 Å². The molecule has 3 heteroatoms. The lowest BCUT2D eigenvalue weighted by molar-refractivity contribution is 0.288. The maximum atomic E-state index is 5.64. The fraction of sp³-hybridized carbons (Fsp3) is 0.600. The minimum atomic E-state index is 0.672. The third-order valence-electron chi connectivity index (χ3n) is 3.88. The van der Waals surface area contributed by atoms with Gasteiger partial charge in [-0.25, -0.2) is 0 Å². The molecule has 98 valence electrons. The molecule has 1 aromatic rings.